The van der Waals surface area contributed by atoms with Gasteiger partial charge in [-0.25, -0.2) is 26.8 Å². The summed E-state index contributed by atoms with van der Waals surface area (Å²) in [5, 5.41) is 7.15. The number of benzene rings is 2. The van der Waals surface area contributed by atoms with Crippen LogP contribution in [0.2, 0.25) is 0 Å². The SMILES string of the molecule is CCS(=O)(=O)c1ccc(S(C)(=O)=O)c(Nc2cc(Nc3ccc4[nH]ccc4c3)ncn2)c1. The molecular formula is C21H21N5O4S2. The van der Waals surface area contributed by atoms with Crippen molar-refractivity contribution in [2.24, 2.45) is 0 Å². The number of hydrogen-bond donors (Lipinski definition) is 3. The first kappa shape index (κ1) is 21.8. The summed E-state index contributed by atoms with van der Waals surface area (Å²) in [5.74, 6) is 0.689. The molecule has 0 spiro atoms. The van der Waals surface area contributed by atoms with E-state index in [1.165, 1.54) is 31.5 Å². The normalized spacial score (nSPS) is 12.1. The highest BCUT2D eigenvalue weighted by atomic mass is 32.2. The Bertz CT molecular complexity index is 1510. The Kier molecular flexibility index (Phi) is 5.61. The standard InChI is InChI=1S/C21H21N5O4S2/c1-3-32(29,30)16-5-7-19(31(2,27)28)18(11-16)26-21-12-20(23-13-24-21)25-15-4-6-17-14(10-15)8-9-22-17/h4-13,22H,3H2,1-2H3,(H2,23,24,25,26). The molecular weight excluding hydrogens is 450 g/mol. The molecule has 11 heteroatoms. The van der Waals surface area contributed by atoms with Crippen molar-refractivity contribution in [1.29, 1.82) is 0 Å². The second-order valence-corrected chi connectivity index (χ2v) is 11.4. The van der Waals surface area contributed by atoms with E-state index in [1.807, 2.05) is 30.5 Å². The number of fused-ring (bicyclic) bond motifs is 1. The van der Waals surface area contributed by atoms with Gasteiger partial charge >= 0.3 is 0 Å². The van der Waals surface area contributed by atoms with Gasteiger partial charge in [-0.2, -0.15) is 0 Å². The monoisotopic (exact) mass is 471 g/mol. The second kappa shape index (κ2) is 8.24. The molecule has 0 atom stereocenters. The quantitative estimate of drug-likeness (QED) is 0.372. The van der Waals surface area contributed by atoms with Crippen molar-refractivity contribution in [3.8, 4) is 0 Å². The molecule has 0 saturated carbocycles. The van der Waals surface area contributed by atoms with Crippen molar-refractivity contribution in [1.82, 2.24) is 15.0 Å². The van der Waals surface area contributed by atoms with E-state index in [1.54, 1.807) is 6.07 Å². The highest BCUT2D eigenvalue weighted by Gasteiger charge is 2.19. The summed E-state index contributed by atoms with van der Waals surface area (Å²) < 4.78 is 49.0. The average Bonchev–Trinajstić information content (AvgIpc) is 3.21. The van der Waals surface area contributed by atoms with Crippen LogP contribution in [0.25, 0.3) is 10.9 Å². The zero-order valence-electron chi connectivity index (χ0n) is 17.3. The number of anilines is 4. The van der Waals surface area contributed by atoms with Gasteiger partial charge in [-0.15, -0.1) is 0 Å². The van der Waals surface area contributed by atoms with Crippen LogP contribution in [0.15, 0.2) is 70.8 Å². The van der Waals surface area contributed by atoms with E-state index in [0.29, 0.717) is 11.6 Å². The van der Waals surface area contributed by atoms with Gasteiger partial charge in [0.05, 0.1) is 21.2 Å². The van der Waals surface area contributed by atoms with Crippen LogP contribution in [0.1, 0.15) is 6.92 Å². The van der Waals surface area contributed by atoms with Crippen LogP contribution >= 0.6 is 0 Å². The fraction of sp³-hybridized carbons (Fsp3) is 0.143. The van der Waals surface area contributed by atoms with E-state index in [2.05, 4.69) is 25.6 Å². The minimum Gasteiger partial charge on any atom is -0.361 e. The van der Waals surface area contributed by atoms with E-state index in [-0.39, 0.29) is 21.2 Å². The fourth-order valence-corrected chi connectivity index (χ4v) is 4.93. The van der Waals surface area contributed by atoms with Crippen LogP contribution < -0.4 is 10.6 Å². The van der Waals surface area contributed by atoms with Crippen LogP contribution in [-0.4, -0.2) is 43.8 Å². The molecule has 2 aromatic heterocycles. The van der Waals surface area contributed by atoms with Crippen LogP contribution in [-0.2, 0) is 19.7 Å². The molecule has 0 aliphatic rings. The topological polar surface area (TPSA) is 134 Å². The Morgan fingerprint density at radius 3 is 2.38 bits per heavy atom. The zero-order valence-corrected chi connectivity index (χ0v) is 19.0. The van der Waals surface area contributed by atoms with Crippen molar-refractivity contribution in [2.45, 2.75) is 16.7 Å². The highest BCUT2D eigenvalue weighted by Crippen LogP contribution is 2.29. The van der Waals surface area contributed by atoms with Gasteiger partial charge in [0.1, 0.15) is 18.0 Å². The zero-order chi connectivity index (χ0) is 22.9. The predicted octanol–water partition coefficient (Wildman–Crippen LogP) is 3.64. The van der Waals surface area contributed by atoms with Crippen molar-refractivity contribution < 1.29 is 16.8 Å². The van der Waals surface area contributed by atoms with Crippen molar-refractivity contribution >= 4 is 53.6 Å². The largest absolute Gasteiger partial charge is 0.361 e. The minimum absolute atomic E-state index is 0.0291. The van der Waals surface area contributed by atoms with E-state index in [0.717, 1.165) is 22.8 Å². The number of H-pyrrole nitrogens is 1. The van der Waals surface area contributed by atoms with Crippen molar-refractivity contribution in [2.75, 3.05) is 22.6 Å². The number of rotatable bonds is 7. The lowest BCUT2D eigenvalue weighted by Gasteiger charge is -2.13. The molecule has 4 aromatic rings. The third-order valence-corrected chi connectivity index (χ3v) is 7.73. The number of aromatic nitrogens is 3. The van der Waals surface area contributed by atoms with Crippen molar-refractivity contribution in [3.63, 3.8) is 0 Å². The second-order valence-electron chi connectivity index (χ2n) is 7.15. The van der Waals surface area contributed by atoms with Gasteiger partial charge in [-0.1, -0.05) is 6.92 Å². The maximum absolute atomic E-state index is 12.3. The molecule has 0 saturated heterocycles. The summed E-state index contributed by atoms with van der Waals surface area (Å²) in [6.45, 7) is 1.53. The Balaban J connectivity index is 1.67. The molecule has 0 aliphatic carbocycles. The lowest BCUT2D eigenvalue weighted by molar-refractivity contribution is 0.595. The van der Waals surface area contributed by atoms with Crippen LogP contribution in [0.3, 0.4) is 0 Å². The predicted molar refractivity (Wildman–Crippen MR) is 124 cm³/mol. The number of sulfone groups is 2. The summed E-state index contributed by atoms with van der Waals surface area (Å²) in [7, 11) is -7.14. The molecule has 0 fully saturated rings. The van der Waals surface area contributed by atoms with Crippen LogP contribution in [0.4, 0.5) is 23.0 Å². The first-order chi connectivity index (χ1) is 15.2. The molecule has 0 bridgehead atoms. The van der Waals surface area contributed by atoms with E-state index < -0.39 is 19.7 Å². The number of nitrogens with zero attached hydrogens (tertiary/aromatic N) is 2. The minimum atomic E-state index is -3.62. The Labute approximate surface area is 185 Å². The van der Waals surface area contributed by atoms with Gasteiger partial charge in [-0.05, 0) is 42.5 Å². The van der Waals surface area contributed by atoms with Crippen molar-refractivity contribution in [3.05, 3.63) is 61.1 Å². The Morgan fingerprint density at radius 2 is 1.66 bits per heavy atom. The molecule has 3 N–H and O–H groups in total. The third-order valence-electron chi connectivity index (χ3n) is 4.85. The molecule has 2 aromatic carbocycles. The molecule has 0 radical (unpaired) electrons. The molecule has 2 heterocycles. The number of aromatic amines is 1. The fourth-order valence-electron chi connectivity index (χ4n) is 3.20. The highest BCUT2D eigenvalue weighted by molar-refractivity contribution is 7.91. The van der Waals surface area contributed by atoms with Gasteiger partial charge in [0.2, 0.25) is 0 Å². The van der Waals surface area contributed by atoms with Gasteiger partial charge in [0, 0.05) is 35.1 Å². The molecule has 0 amide bonds. The maximum Gasteiger partial charge on any atom is 0.178 e. The molecule has 0 aliphatic heterocycles. The number of nitrogens with one attached hydrogen (secondary N) is 3. The third kappa shape index (κ3) is 4.58. The van der Waals surface area contributed by atoms with Gasteiger partial charge in [-0.3, -0.25) is 0 Å². The lowest BCUT2D eigenvalue weighted by Crippen LogP contribution is -2.08. The van der Waals surface area contributed by atoms with E-state index in [9.17, 15) is 16.8 Å². The summed E-state index contributed by atoms with van der Waals surface area (Å²) >= 11 is 0. The van der Waals surface area contributed by atoms with E-state index in [4.69, 9.17) is 0 Å². The lowest BCUT2D eigenvalue weighted by atomic mass is 10.2. The molecule has 9 nitrogen and oxygen atoms in total. The average molecular weight is 472 g/mol. The van der Waals surface area contributed by atoms with Crippen LogP contribution in [0.5, 0.6) is 0 Å². The summed E-state index contributed by atoms with van der Waals surface area (Å²) in [6, 6.07) is 13.3. The molecule has 166 valence electrons. The molecule has 0 unspecified atom stereocenters. The first-order valence-electron chi connectivity index (χ1n) is 9.66. The van der Waals surface area contributed by atoms with Gasteiger partial charge in [0.15, 0.2) is 19.7 Å². The summed E-state index contributed by atoms with van der Waals surface area (Å²) in [6.07, 6.45) is 4.24. The Hall–Kier alpha value is -3.44. The molecule has 32 heavy (non-hydrogen) atoms. The maximum atomic E-state index is 12.3. The smallest absolute Gasteiger partial charge is 0.178 e. The first-order valence-corrected chi connectivity index (χ1v) is 13.2. The molecule has 4 rings (SSSR count). The van der Waals surface area contributed by atoms with E-state index >= 15 is 0 Å². The van der Waals surface area contributed by atoms with Crippen LogP contribution in [0, 0.1) is 0 Å². The summed E-state index contributed by atoms with van der Waals surface area (Å²) in [5.41, 5.74) is 1.95. The summed E-state index contributed by atoms with van der Waals surface area (Å²) in [4.78, 5) is 11.5. The van der Waals surface area contributed by atoms with Gasteiger partial charge in [0.25, 0.3) is 0 Å². The van der Waals surface area contributed by atoms with Gasteiger partial charge < -0.3 is 15.6 Å². The Morgan fingerprint density at radius 1 is 0.906 bits per heavy atom. The number of hydrogen-bond acceptors (Lipinski definition) is 8.